The topological polar surface area (TPSA) is 65.1 Å². The Balaban J connectivity index is 1.91. The minimum Gasteiger partial charge on any atom is -0.466 e. The summed E-state index contributed by atoms with van der Waals surface area (Å²) in [4.78, 5) is 27.5. The number of likely N-dealkylation sites (N-methyl/N-ethyl adjacent to an activating group) is 1. The van der Waals surface area contributed by atoms with Crippen LogP contribution in [0.4, 0.5) is 0 Å². The summed E-state index contributed by atoms with van der Waals surface area (Å²) >= 11 is 0. The molecule has 0 aromatic heterocycles. The molecular weight excluding hydrogens is 466 g/mol. The zero-order chi connectivity index (χ0) is 28.3. The van der Waals surface area contributed by atoms with Crippen LogP contribution in [-0.2, 0) is 37.0 Å². The summed E-state index contributed by atoms with van der Waals surface area (Å²) in [5.41, 5.74) is 1.97. The van der Waals surface area contributed by atoms with E-state index in [1.807, 2.05) is 74.5 Å². The molecule has 0 radical (unpaired) electrons. The molecule has 2 aromatic carbocycles. The van der Waals surface area contributed by atoms with Crippen molar-refractivity contribution >= 4 is 11.9 Å². The van der Waals surface area contributed by atoms with Crippen LogP contribution < -0.4 is 0 Å². The predicted molar refractivity (Wildman–Crippen MR) is 145 cm³/mol. The van der Waals surface area contributed by atoms with E-state index in [1.165, 1.54) is 0 Å². The fourth-order valence-corrected chi connectivity index (χ4v) is 4.76. The van der Waals surface area contributed by atoms with Crippen LogP contribution in [0.5, 0.6) is 0 Å². The van der Waals surface area contributed by atoms with Crippen molar-refractivity contribution in [3.05, 3.63) is 83.4 Å². The number of hydrogen-bond acceptors (Lipinski definition) is 5. The van der Waals surface area contributed by atoms with E-state index >= 15 is 0 Å². The highest BCUT2D eigenvalue weighted by Crippen LogP contribution is 2.48. The zero-order valence-electron chi connectivity index (χ0n) is 24.3. The molecule has 0 aliphatic heterocycles. The summed E-state index contributed by atoms with van der Waals surface area (Å²) < 4.78 is 35.1. The standard InChI is InChI=1S/C31H41NO5/c1-4-32(5-2)29(33)17-27-19-31(20-28(27)18-30(34)37-6-3,23-35-21-25-13-9-7-10-14-25)24-36-22-26-15-11-8-12-16-26/h7-17,28H,4-6,18-24H2,1-3H3/i17D,18D. The maximum atomic E-state index is 13.2. The molecule has 200 valence electrons. The number of amides is 1. The second-order valence-electron chi connectivity index (χ2n) is 9.49. The zero-order valence-corrected chi connectivity index (χ0v) is 22.3. The van der Waals surface area contributed by atoms with Gasteiger partial charge in [0, 0.05) is 25.9 Å². The third-order valence-corrected chi connectivity index (χ3v) is 6.65. The Labute approximate surface area is 224 Å². The Morgan fingerprint density at radius 1 is 0.973 bits per heavy atom. The Bertz CT molecular complexity index is 1040. The number of rotatable bonds is 14. The van der Waals surface area contributed by atoms with Crippen molar-refractivity contribution in [3.63, 3.8) is 0 Å². The second-order valence-corrected chi connectivity index (χ2v) is 9.49. The number of nitrogens with zero attached hydrogens (tertiary/aromatic N) is 1. The third kappa shape index (κ3) is 8.83. The molecule has 1 aliphatic carbocycles. The molecule has 1 aliphatic rings. The predicted octanol–water partition coefficient (Wildman–Crippen LogP) is 5.56. The lowest BCUT2D eigenvalue weighted by molar-refractivity contribution is -0.144. The number of allylic oxidation sites excluding steroid dienone is 1. The lowest BCUT2D eigenvalue weighted by Crippen LogP contribution is -2.30. The van der Waals surface area contributed by atoms with Crippen LogP contribution in [0.15, 0.2) is 72.3 Å². The summed E-state index contributed by atoms with van der Waals surface area (Å²) in [6, 6.07) is 19.6. The smallest absolute Gasteiger partial charge is 0.306 e. The first-order chi connectivity index (χ1) is 18.8. The molecule has 2 aromatic rings. The average Bonchev–Trinajstić information content (AvgIpc) is 3.33. The van der Waals surface area contributed by atoms with Gasteiger partial charge >= 0.3 is 5.97 Å². The van der Waals surface area contributed by atoms with Gasteiger partial charge in [0.15, 0.2) is 0 Å². The van der Waals surface area contributed by atoms with E-state index in [1.54, 1.807) is 11.8 Å². The largest absolute Gasteiger partial charge is 0.466 e. The summed E-state index contributed by atoms with van der Waals surface area (Å²) in [7, 11) is 0. The molecule has 6 nitrogen and oxygen atoms in total. The number of carbonyl (C=O) groups is 2. The van der Waals surface area contributed by atoms with Gasteiger partial charge in [-0.1, -0.05) is 66.2 Å². The molecule has 37 heavy (non-hydrogen) atoms. The number of hydrogen-bond donors (Lipinski definition) is 0. The molecule has 0 heterocycles. The van der Waals surface area contributed by atoms with Gasteiger partial charge in [-0.25, -0.2) is 0 Å². The van der Waals surface area contributed by atoms with Crippen molar-refractivity contribution < 1.29 is 26.5 Å². The van der Waals surface area contributed by atoms with E-state index in [0.717, 1.165) is 11.1 Å². The monoisotopic (exact) mass is 509 g/mol. The Morgan fingerprint density at radius 3 is 2.00 bits per heavy atom. The van der Waals surface area contributed by atoms with E-state index < -0.39 is 23.7 Å². The third-order valence-electron chi connectivity index (χ3n) is 6.65. The van der Waals surface area contributed by atoms with Crippen LogP contribution >= 0.6 is 0 Å². The number of benzene rings is 2. The second kappa shape index (κ2) is 14.7. The normalized spacial score (nSPS) is 19.5. The first-order valence-electron chi connectivity index (χ1n) is 14.2. The average molecular weight is 510 g/mol. The van der Waals surface area contributed by atoms with Crippen molar-refractivity contribution in [2.45, 2.75) is 53.2 Å². The first-order valence-corrected chi connectivity index (χ1v) is 13.1. The lowest BCUT2D eigenvalue weighted by atomic mass is 9.86. The van der Waals surface area contributed by atoms with Crippen molar-refractivity contribution in [2.24, 2.45) is 11.3 Å². The molecule has 1 amide bonds. The molecule has 6 heteroatoms. The van der Waals surface area contributed by atoms with Gasteiger partial charge < -0.3 is 19.1 Å². The summed E-state index contributed by atoms with van der Waals surface area (Å²) in [5, 5.41) is 0. The Morgan fingerprint density at radius 2 is 1.51 bits per heavy atom. The summed E-state index contributed by atoms with van der Waals surface area (Å²) in [6.45, 7) is 7.98. The maximum Gasteiger partial charge on any atom is 0.306 e. The Kier molecular flexibility index (Phi) is 10.2. The SMILES string of the molecule is [2H]C(C(=O)N(CC)CC)=C1CC(COCc2ccccc2)(COCc2ccccc2)CC1C([2H])C(=O)OCC. The van der Waals surface area contributed by atoms with Crippen LogP contribution in [0.25, 0.3) is 0 Å². The van der Waals surface area contributed by atoms with Crippen LogP contribution in [-0.4, -0.2) is 49.7 Å². The van der Waals surface area contributed by atoms with E-state index in [2.05, 4.69) is 0 Å². The highest BCUT2D eigenvalue weighted by molar-refractivity contribution is 5.88. The molecule has 0 saturated heterocycles. The number of ether oxygens (including phenoxy) is 3. The molecule has 0 bridgehead atoms. The summed E-state index contributed by atoms with van der Waals surface area (Å²) in [5.74, 6) is -1.67. The van der Waals surface area contributed by atoms with Crippen LogP contribution in [0.3, 0.4) is 0 Å². The summed E-state index contributed by atoms with van der Waals surface area (Å²) in [6.07, 6.45) is -0.524. The van der Waals surface area contributed by atoms with Gasteiger partial charge in [-0.05, 0) is 50.7 Å². The van der Waals surface area contributed by atoms with E-state index in [4.69, 9.17) is 17.0 Å². The first kappa shape index (κ1) is 25.7. The molecule has 2 atom stereocenters. The highest BCUT2D eigenvalue weighted by Gasteiger charge is 2.44. The Hall–Kier alpha value is -2.96. The lowest BCUT2D eigenvalue weighted by Gasteiger charge is -2.29. The number of carbonyl (C=O) groups excluding carboxylic acids is 2. The van der Waals surface area contributed by atoms with Gasteiger partial charge in [-0.15, -0.1) is 0 Å². The molecule has 0 N–H and O–H groups in total. The van der Waals surface area contributed by atoms with Gasteiger partial charge in [0.1, 0.15) is 0 Å². The molecule has 3 rings (SSSR count). The van der Waals surface area contributed by atoms with Gasteiger partial charge in [0.25, 0.3) is 0 Å². The number of esters is 1. The minimum absolute atomic E-state index is 0.141. The van der Waals surface area contributed by atoms with E-state index in [9.17, 15) is 9.59 Å². The van der Waals surface area contributed by atoms with Crippen molar-refractivity contribution in [1.29, 1.82) is 0 Å². The molecular formula is C31H41NO5. The minimum atomic E-state index is -1.24. The fourth-order valence-electron chi connectivity index (χ4n) is 4.76. The van der Waals surface area contributed by atoms with Crippen molar-refractivity contribution in [1.82, 2.24) is 4.90 Å². The quantitative estimate of drug-likeness (QED) is 0.246. The molecule has 0 spiro atoms. The van der Waals surface area contributed by atoms with Crippen LogP contribution in [0.1, 0.15) is 53.9 Å². The fraction of sp³-hybridized carbons (Fsp3) is 0.484. The van der Waals surface area contributed by atoms with E-state index in [-0.39, 0.29) is 18.6 Å². The molecule has 2 unspecified atom stereocenters. The van der Waals surface area contributed by atoms with Gasteiger partial charge in [0.05, 0.1) is 40.8 Å². The van der Waals surface area contributed by atoms with Crippen molar-refractivity contribution in [3.8, 4) is 0 Å². The van der Waals surface area contributed by atoms with Gasteiger partial charge in [-0.3, -0.25) is 9.59 Å². The maximum absolute atomic E-state index is 13.2. The molecule has 1 saturated carbocycles. The van der Waals surface area contributed by atoms with Gasteiger partial charge in [0.2, 0.25) is 5.91 Å². The van der Waals surface area contributed by atoms with E-state index in [0.29, 0.717) is 57.9 Å². The van der Waals surface area contributed by atoms with Crippen LogP contribution in [0.2, 0.25) is 0 Å². The van der Waals surface area contributed by atoms with Crippen LogP contribution in [0, 0.1) is 11.3 Å². The molecule has 1 fully saturated rings. The highest BCUT2D eigenvalue weighted by atomic mass is 16.5. The van der Waals surface area contributed by atoms with Gasteiger partial charge in [-0.2, -0.15) is 0 Å². The van der Waals surface area contributed by atoms with Crippen molar-refractivity contribution in [2.75, 3.05) is 32.9 Å².